The first-order valence-corrected chi connectivity index (χ1v) is 3.72. The highest BCUT2D eigenvalue weighted by atomic mass is 16.4. The smallest absolute Gasteiger partial charge is 0.335 e. The van der Waals surface area contributed by atoms with E-state index in [0.29, 0.717) is 16.9 Å². The molecule has 0 bridgehead atoms. The van der Waals surface area contributed by atoms with E-state index in [4.69, 9.17) is 10.8 Å². The second kappa shape index (κ2) is 2.55. The van der Waals surface area contributed by atoms with Gasteiger partial charge in [-0.2, -0.15) is 10.2 Å². The zero-order chi connectivity index (χ0) is 9.42. The third-order valence-corrected chi connectivity index (χ3v) is 1.90. The number of benzene rings is 1. The molecule has 5 nitrogen and oxygen atoms in total. The summed E-state index contributed by atoms with van der Waals surface area (Å²) in [6.07, 6.45) is 0. The second-order valence-electron chi connectivity index (χ2n) is 2.74. The molecule has 2 rings (SSSR count). The molecule has 0 radical (unpaired) electrons. The molecule has 1 aliphatic heterocycles. The van der Waals surface area contributed by atoms with Crippen molar-refractivity contribution in [1.29, 1.82) is 0 Å². The maximum absolute atomic E-state index is 10.7. The van der Waals surface area contributed by atoms with Crippen LogP contribution in [0, 0.1) is 0 Å². The van der Waals surface area contributed by atoms with Gasteiger partial charge in [0.2, 0.25) is 0 Å². The van der Waals surface area contributed by atoms with Gasteiger partial charge in [0.05, 0.1) is 5.69 Å². The average Bonchev–Trinajstić information content (AvgIpc) is 2.48. The fourth-order valence-corrected chi connectivity index (χ4v) is 1.28. The fraction of sp³-hybridized carbons (Fsp3) is 0.125. The molecule has 66 valence electrons. The Hall–Kier alpha value is -1.91. The number of azo groups is 1. The number of carboxylic acids is 1. The van der Waals surface area contributed by atoms with Crippen LogP contribution in [-0.2, 0) is 4.79 Å². The van der Waals surface area contributed by atoms with Gasteiger partial charge >= 0.3 is 5.97 Å². The van der Waals surface area contributed by atoms with E-state index in [-0.39, 0.29) is 0 Å². The number of hydrogen-bond donors (Lipinski definition) is 2. The predicted molar refractivity (Wildman–Crippen MR) is 45.7 cm³/mol. The predicted octanol–water partition coefficient (Wildman–Crippen LogP) is 1.49. The van der Waals surface area contributed by atoms with Gasteiger partial charge in [-0.05, 0) is 6.07 Å². The van der Waals surface area contributed by atoms with Gasteiger partial charge in [-0.15, -0.1) is 0 Å². The molecular weight excluding hydrogens is 170 g/mol. The molecule has 0 aromatic heterocycles. The summed E-state index contributed by atoms with van der Waals surface area (Å²) in [7, 11) is 0. The van der Waals surface area contributed by atoms with Gasteiger partial charge < -0.3 is 10.8 Å². The number of carbonyl (C=O) groups is 1. The summed E-state index contributed by atoms with van der Waals surface area (Å²) in [5, 5.41) is 16.1. The van der Waals surface area contributed by atoms with E-state index in [1.165, 1.54) is 0 Å². The van der Waals surface area contributed by atoms with Crippen LogP contribution in [0.25, 0.3) is 0 Å². The highest BCUT2D eigenvalue weighted by Crippen LogP contribution is 2.39. The Bertz CT molecular complexity index is 400. The zero-order valence-electron chi connectivity index (χ0n) is 6.64. The van der Waals surface area contributed by atoms with Crippen LogP contribution in [0.3, 0.4) is 0 Å². The fourth-order valence-electron chi connectivity index (χ4n) is 1.28. The first-order chi connectivity index (χ1) is 6.20. The van der Waals surface area contributed by atoms with Crippen LogP contribution < -0.4 is 5.73 Å². The number of nitrogens with zero attached hydrogens (tertiary/aromatic N) is 2. The van der Waals surface area contributed by atoms with Crippen molar-refractivity contribution in [3.05, 3.63) is 23.8 Å². The van der Waals surface area contributed by atoms with Crippen molar-refractivity contribution in [2.24, 2.45) is 10.2 Å². The van der Waals surface area contributed by atoms with Crippen LogP contribution in [0.1, 0.15) is 11.6 Å². The number of carboxylic acid groups (broad SMARTS) is 1. The highest BCUT2D eigenvalue weighted by molar-refractivity contribution is 5.82. The Morgan fingerprint density at radius 2 is 2.31 bits per heavy atom. The van der Waals surface area contributed by atoms with E-state index in [2.05, 4.69) is 10.2 Å². The summed E-state index contributed by atoms with van der Waals surface area (Å²) in [5.74, 6) is -1.01. The van der Waals surface area contributed by atoms with Crippen LogP contribution in [-0.4, -0.2) is 11.1 Å². The van der Waals surface area contributed by atoms with E-state index in [1.807, 2.05) is 0 Å². The summed E-state index contributed by atoms with van der Waals surface area (Å²) < 4.78 is 0. The second-order valence-corrected chi connectivity index (χ2v) is 2.74. The topological polar surface area (TPSA) is 88.0 Å². The van der Waals surface area contributed by atoms with Gasteiger partial charge in [-0.3, -0.25) is 0 Å². The first-order valence-electron chi connectivity index (χ1n) is 3.72. The van der Waals surface area contributed by atoms with Crippen molar-refractivity contribution in [3.8, 4) is 0 Å². The lowest BCUT2D eigenvalue weighted by Crippen LogP contribution is -2.06. The van der Waals surface area contributed by atoms with Crippen molar-refractivity contribution >= 4 is 17.3 Å². The molecule has 13 heavy (non-hydrogen) atoms. The van der Waals surface area contributed by atoms with Crippen LogP contribution >= 0.6 is 0 Å². The molecule has 1 aliphatic rings. The molecule has 1 heterocycles. The maximum Gasteiger partial charge on any atom is 0.335 e. The maximum atomic E-state index is 10.7. The highest BCUT2D eigenvalue weighted by Gasteiger charge is 2.27. The number of rotatable bonds is 1. The minimum atomic E-state index is -1.01. The molecule has 3 N–H and O–H groups in total. The minimum absolute atomic E-state index is 0.463. The van der Waals surface area contributed by atoms with Crippen LogP contribution in [0.2, 0.25) is 0 Å². The summed E-state index contributed by atoms with van der Waals surface area (Å²) in [4.78, 5) is 10.7. The Labute approximate surface area is 73.9 Å². The average molecular weight is 177 g/mol. The molecule has 0 saturated heterocycles. The van der Waals surface area contributed by atoms with E-state index in [0.717, 1.165) is 0 Å². The standard InChI is InChI=1S/C8H7N3O2/c9-5-3-1-2-4-6(5)10-11-7(4)8(12)13/h1-3,7H,9H2,(H,12,13)/t7-/m1/s1. The molecule has 1 atom stereocenters. The summed E-state index contributed by atoms with van der Waals surface area (Å²) in [6, 6.07) is 4.14. The Morgan fingerprint density at radius 1 is 1.54 bits per heavy atom. The molecular formula is C8H7N3O2. The number of nitrogens with two attached hydrogens (primary N) is 1. The Kier molecular flexibility index (Phi) is 1.51. The first kappa shape index (κ1) is 7.72. The van der Waals surface area contributed by atoms with E-state index in [1.54, 1.807) is 18.2 Å². The lowest BCUT2D eigenvalue weighted by molar-refractivity contribution is -0.138. The van der Waals surface area contributed by atoms with Gasteiger partial charge in [-0.1, -0.05) is 12.1 Å². The van der Waals surface area contributed by atoms with Gasteiger partial charge in [0.25, 0.3) is 0 Å². The van der Waals surface area contributed by atoms with Crippen molar-refractivity contribution in [2.45, 2.75) is 6.04 Å². The third kappa shape index (κ3) is 1.05. The SMILES string of the molecule is Nc1cccc2c1N=N[C@H]2C(=O)O. The minimum Gasteiger partial charge on any atom is -0.479 e. The quantitative estimate of drug-likeness (QED) is 0.637. The van der Waals surface area contributed by atoms with Gasteiger partial charge in [0, 0.05) is 5.56 Å². The van der Waals surface area contributed by atoms with Crippen molar-refractivity contribution in [2.75, 3.05) is 5.73 Å². The van der Waals surface area contributed by atoms with Crippen LogP contribution in [0.15, 0.2) is 28.4 Å². The van der Waals surface area contributed by atoms with Crippen LogP contribution in [0.5, 0.6) is 0 Å². The molecule has 0 saturated carbocycles. The molecule has 1 aromatic carbocycles. The molecule has 0 amide bonds. The summed E-state index contributed by atoms with van der Waals surface area (Å²) >= 11 is 0. The Morgan fingerprint density at radius 3 is 3.00 bits per heavy atom. The lowest BCUT2D eigenvalue weighted by atomic mass is 10.1. The molecule has 5 heteroatoms. The van der Waals surface area contributed by atoms with E-state index >= 15 is 0 Å². The van der Waals surface area contributed by atoms with E-state index in [9.17, 15) is 4.79 Å². The third-order valence-electron chi connectivity index (χ3n) is 1.90. The summed E-state index contributed by atoms with van der Waals surface area (Å²) in [6.45, 7) is 0. The van der Waals surface area contributed by atoms with E-state index < -0.39 is 12.0 Å². The molecule has 0 aliphatic carbocycles. The number of hydrogen-bond acceptors (Lipinski definition) is 4. The zero-order valence-corrected chi connectivity index (χ0v) is 6.64. The number of anilines is 1. The molecule has 1 aromatic rings. The normalized spacial score (nSPS) is 18.6. The van der Waals surface area contributed by atoms with Gasteiger partial charge in [0.15, 0.2) is 6.04 Å². The monoisotopic (exact) mass is 177 g/mol. The number of nitrogen functional groups attached to an aromatic ring is 1. The lowest BCUT2D eigenvalue weighted by Gasteiger charge is -2.02. The van der Waals surface area contributed by atoms with Crippen molar-refractivity contribution in [1.82, 2.24) is 0 Å². The number of aliphatic carboxylic acids is 1. The summed E-state index contributed by atoms with van der Waals surface area (Å²) in [5.41, 5.74) is 7.09. The molecule has 0 fully saturated rings. The van der Waals surface area contributed by atoms with Crippen molar-refractivity contribution < 1.29 is 9.90 Å². The molecule has 0 spiro atoms. The number of fused-ring (bicyclic) bond motifs is 1. The van der Waals surface area contributed by atoms with Gasteiger partial charge in [0.1, 0.15) is 5.69 Å². The van der Waals surface area contributed by atoms with Gasteiger partial charge in [-0.25, -0.2) is 4.79 Å². The largest absolute Gasteiger partial charge is 0.479 e. The van der Waals surface area contributed by atoms with Crippen molar-refractivity contribution in [3.63, 3.8) is 0 Å². The Balaban J connectivity index is 2.55. The van der Waals surface area contributed by atoms with Crippen LogP contribution in [0.4, 0.5) is 11.4 Å². The molecule has 0 unspecified atom stereocenters.